The molecule has 0 radical (unpaired) electrons. The molecule has 2 aromatic rings. The first kappa shape index (κ1) is 12.0. The molecular formula is C12H13FN2OS. The summed E-state index contributed by atoms with van der Waals surface area (Å²) in [6.07, 6.45) is 1.74. The second-order valence-corrected chi connectivity index (χ2v) is 4.71. The van der Waals surface area contributed by atoms with Crippen molar-refractivity contribution in [2.24, 2.45) is 0 Å². The quantitative estimate of drug-likeness (QED) is 0.879. The van der Waals surface area contributed by atoms with Crippen molar-refractivity contribution in [3.8, 4) is 5.75 Å². The van der Waals surface area contributed by atoms with E-state index < -0.39 is 0 Å². The lowest BCUT2D eigenvalue weighted by Gasteiger charge is -2.14. The smallest absolute Gasteiger partial charge is 0.123 e. The van der Waals surface area contributed by atoms with Crippen molar-refractivity contribution in [2.75, 3.05) is 0 Å². The molecule has 17 heavy (non-hydrogen) atoms. The maximum absolute atomic E-state index is 13.1. The van der Waals surface area contributed by atoms with Gasteiger partial charge in [0.05, 0.1) is 0 Å². The van der Waals surface area contributed by atoms with Gasteiger partial charge in [-0.05, 0) is 25.1 Å². The van der Waals surface area contributed by atoms with Crippen LogP contribution in [0.5, 0.6) is 5.75 Å². The van der Waals surface area contributed by atoms with E-state index in [9.17, 15) is 9.50 Å². The Morgan fingerprint density at radius 1 is 1.53 bits per heavy atom. The van der Waals surface area contributed by atoms with Gasteiger partial charge >= 0.3 is 0 Å². The minimum Gasteiger partial charge on any atom is -0.508 e. The summed E-state index contributed by atoms with van der Waals surface area (Å²) in [5.41, 5.74) is 0.557. The fourth-order valence-corrected chi connectivity index (χ4v) is 2.13. The van der Waals surface area contributed by atoms with Crippen LogP contribution >= 0.6 is 11.3 Å². The van der Waals surface area contributed by atoms with Gasteiger partial charge in [-0.2, -0.15) is 0 Å². The number of aromatic nitrogens is 1. The monoisotopic (exact) mass is 252 g/mol. The molecule has 2 rings (SSSR count). The zero-order chi connectivity index (χ0) is 12.3. The fourth-order valence-electron chi connectivity index (χ4n) is 1.56. The Labute approximate surface area is 103 Å². The van der Waals surface area contributed by atoms with Crippen LogP contribution in [0.25, 0.3) is 0 Å². The third kappa shape index (κ3) is 3.01. The van der Waals surface area contributed by atoms with E-state index in [4.69, 9.17) is 0 Å². The number of benzene rings is 1. The van der Waals surface area contributed by atoms with Crippen LogP contribution < -0.4 is 5.32 Å². The Kier molecular flexibility index (Phi) is 3.71. The first-order valence-corrected chi connectivity index (χ1v) is 6.15. The van der Waals surface area contributed by atoms with E-state index in [-0.39, 0.29) is 17.6 Å². The third-order valence-corrected chi connectivity index (χ3v) is 3.28. The molecule has 90 valence electrons. The molecule has 1 aromatic heterocycles. The lowest BCUT2D eigenvalue weighted by Crippen LogP contribution is -2.18. The maximum Gasteiger partial charge on any atom is 0.123 e. The van der Waals surface area contributed by atoms with Gasteiger partial charge < -0.3 is 10.4 Å². The van der Waals surface area contributed by atoms with E-state index in [1.807, 2.05) is 12.3 Å². The molecule has 2 N–H and O–H groups in total. The van der Waals surface area contributed by atoms with Crippen LogP contribution in [0.4, 0.5) is 4.39 Å². The first-order valence-electron chi connectivity index (χ1n) is 5.27. The minimum atomic E-state index is -0.347. The Bertz CT molecular complexity index is 487. The average Bonchev–Trinajstić information content (AvgIpc) is 2.82. The molecule has 3 nitrogen and oxygen atoms in total. The summed E-state index contributed by atoms with van der Waals surface area (Å²) in [5, 5.41) is 15.7. The molecule has 0 aliphatic rings. The predicted octanol–water partition coefficient (Wildman–Crippen LogP) is 2.84. The molecule has 0 saturated carbocycles. The summed E-state index contributed by atoms with van der Waals surface area (Å²) in [4.78, 5) is 4.14. The SMILES string of the molecule is CC(NCc1nccs1)c1cc(F)ccc1O. The first-order chi connectivity index (χ1) is 8.16. The zero-order valence-corrected chi connectivity index (χ0v) is 10.2. The average molecular weight is 252 g/mol. The van der Waals surface area contributed by atoms with Gasteiger partial charge in [0, 0.05) is 29.7 Å². The number of nitrogens with one attached hydrogen (secondary N) is 1. The van der Waals surface area contributed by atoms with Crippen LogP contribution in [-0.2, 0) is 6.54 Å². The zero-order valence-electron chi connectivity index (χ0n) is 9.35. The van der Waals surface area contributed by atoms with Crippen LogP contribution in [0.1, 0.15) is 23.5 Å². The van der Waals surface area contributed by atoms with Gasteiger partial charge in [0.15, 0.2) is 0 Å². The van der Waals surface area contributed by atoms with Crippen molar-refractivity contribution in [1.29, 1.82) is 0 Å². The van der Waals surface area contributed by atoms with E-state index in [2.05, 4.69) is 10.3 Å². The van der Waals surface area contributed by atoms with Gasteiger partial charge in [-0.3, -0.25) is 0 Å². The normalized spacial score (nSPS) is 12.6. The number of rotatable bonds is 4. The molecule has 1 aromatic carbocycles. The summed E-state index contributed by atoms with van der Waals surface area (Å²) >= 11 is 1.56. The maximum atomic E-state index is 13.1. The number of hydrogen-bond donors (Lipinski definition) is 2. The lowest BCUT2D eigenvalue weighted by molar-refractivity contribution is 0.449. The van der Waals surface area contributed by atoms with Crippen LogP contribution in [0.3, 0.4) is 0 Å². The molecule has 0 saturated heterocycles. The largest absolute Gasteiger partial charge is 0.508 e. The number of thiazole rings is 1. The third-order valence-electron chi connectivity index (χ3n) is 2.50. The van der Waals surface area contributed by atoms with E-state index in [1.54, 1.807) is 17.5 Å². The second kappa shape index (κ2) is 5.25. The van der Waals surface area contributed by atoms with Crippen molar-refractivity contribution in [3.63, 3.8) is 0 Å². The van der Waals surface area contributed by atoms with Gasteiger partial charge in [0.2, 0.25) is 0 Å². The highest BCUT2D eigenvalue weighted by Gasteiger charge is 2.11. The standard InChI is InChI=1S/C12H13FN2OS/c1-8(15-7-12-14-4-5-17-12)10-6-9(13)2-3-11(10)16/h2-6,8,15-16H,7H2,1H3. The molecule has 1 heterocycles. The molecule has 1 unspecified atom stereocenters. The molecule has 0 spiro atoms. The van der Waals surface area contributed by atoms with Crippen molar-refractivity contribution in [2.45, 2.75) is 19.5 Å². The number of phenols is 1. The predicted molar refractivity (Wildman–Crippen MR) is 65.4 cm³/mol. The highest BCUT2D eigenvalue weighted by Crippen LogP contribution is 2.24. The molecule has 0 amide bonds. The van der Waals surface area contributed by atoms with Gasteiger partial charge in [-0.25, -0.2) is 9.37 Å². The minimum absolute atomic E-state index is 0.102. The van der Waals surface area contributed by atoms with E-state index in [0.29, 0.717) is 12.1 Å². The lowest BCUT2D eigenvalue weighted by atomic mass is 10.1. The van der Waals surface area contributed by atoms with E-state index in [0.717, 1.165) is 5.01 Å². The van der Waals surface area contributed by atoms with Gasteiger partial charge in [0.1, 0.15) is 16.6 Å². The Balaban J connectivity index is 2.04. The summed E-state index contributed by atoms with van der Waals surface area (Å²) < 4.78 is 13.1. The summed E-state index contributed by atoms with van der Waals surface area (Å²) in [6.45, 7) is 2.48. The molecule has 0 aliphatic heterocycles. The number of hydrogen-bond acceptors (Lipinski definition) is 4. The molecular weight excluding hydrogens is 239 g/mol. The van der Waals surface area contributed by atoms with E-state index >= 15 is 0 Å². The van der Waals surface area contributed by atoms with Gasteiger partial charge in [-0.1, -0.05) is 0 Å². The van der Waals surface area contributed by atoms with Crippen LogP contribution in [0.2, 0.25) is 0 Å². The summed E-state index contributed by atoms with van der Waals surface area (Å²) in [5.74, 6) is -0.244. The van der Waals surface area contributed by atoms with Crippen molar-refractivity contribution in [3.05, 3.63) is 46.2 Å². The highest BCUT2D eigenvalue weighted by molar-refractivity contribution is 7.09. The van der Waals surface area contributed by atoms with Crippen LogP contribution in [0, 0.1) is 5.82 Å². The number of halogens is 1. The van der Waals surface area contributed by atoms with Crippen molar-refractivity contribution in [1.82, 2.24) is 10.3 Å². The molecule has 0 aliphatic carbocycles. The van der Waals surface area contributed by atoms with Crippen LogP contribution in [0.15, 0.2) is 29.8 Å². The van der Waals surface area contributed by atoms with E-state index in [1.165, 1.54) is 18.2 Å². The number of phenolic OH excluding ortho intramolecular Hbond substituents is 1. The topological polar surface area (TPSA) is 45.2 Å². The van der Waals surface area contributed by atoms with Crippen molar-refractivity contribution >= 4 is 11.3 Å². The Hall–Kier alpha value is -1.46. The van der Waals surface area contributed by atoms with Crippen LogP contribution in [-0.4, -0.2) is 10.1 Å². The molecule has 0 fully saturated rings. The number of aromatic hydroxyl groups is 1. The molecule has 0 bridgehead atoms. The molecule has 1 atom stereocenters. The van der Waals surface area contributed by atoms with Gasteiger partial charge in [-0.15, -0.1) is 11.3 Å². The fraction of sp³-hybridized carbons (Fsp3) is 0.250. The highest BCUT2D eigenvalue weighted by atomic mass is 32.1. The van der Waals surface area contributed by atoms with Crippen molar-refractivity contribution < 1.29 is 9.50 Å². The van der Waals surface area contributed by atoms with Gasteiger partial charge in [0.25, 0.3) is 0 Å². The Morgan fingerprint density at radius 3 is 3.06 bits per heavy atom. The number of nitrogens with zero attached hydrogens (tertiary/aromatic N) is 1. The Morgan fingerprint density at radius 2 is 2.35 bits per heavy atom. The summed E-state index contributed by atoms with van der Waals surface area (Å²) in [6, 6.07) is 3.82. The molecule has 5 heteroatoms. The second-order valence-electron chi connectivity index (χ2n) is 3.73. The summed E-state index contributed by atoms with van der Waals surface area (Å²) in [7, 11) is 0.